The molecule has 1 aromatic rings. The Bertz CT molecular complexity index is 430. The lowest BCUT2D eigenvalue weighted by molar-refractivity contribution is 0.414. The first-order valence-corrected chi connectivity index (χ1v) is 6.26. The number of sulfonamides is 1. The van der Waals surface area contributed by atoms with Gasteiger partial charge in [-0.3, -0.25) is 0 Å². The number of methoxy groups -OCH3 is 1. The molecule has 0 heterocycles. The summed E-state index contributed by atoms with van der Waals surface area (Å²) in [6, 6.07) is 5.04. The summed E-state index contributed by atoms with van der Waals surface area (Å²) in [7, 11) is -1.95. The summed E-state index contributed by atoms with van der Waals surface area (Å²) in [5.74, 6) is 0.479. The van der Waals surface area contributed by atoms with Crippen LogP contribution in [0.15, 0.2) is 22.7 Å². The quantitative estimate of drug-likeness (QED) is 0.905. The van der Waals surface area contributed by atoms with Gasteiger partial charge in [-0.1, -0.05) is 22.0 Å². The molecule has 78 valence electrons. The maximum Gasteiger partial charge on any atom is 0.213 e. The third-order valence-electron chi connectivity index (χ3n) is 1.62. The lowest BCUT2D eigenvalue weighted by atomic mass is 10.2. The van der Waals surface area contributed by atoms with Gasteiger partial charge in [0.15, 0.2) is 0 Å². The molecule has 1 aromatic carbocycles. The Morgan fingerprint density at radius 1 is 1.50 bits per heavy atom. The molecular weight excluding hydrogens is 270 g/mol. The zero-order valence-electron chi connectivity index (χ0n) is 7.53. The predicted octanol–water partition coefficient (Wildman–Crippen LogP) is 1.25. The van der Waals surface area contributed by atoms with Gasteiger partial charge in [-0.15, -0.1) is 0 Å². The van der Waals surface area contributed by atoms with Crippen molar-refractivity contribution in [1.82, 2.24) is 0 Å². The Morgan fingerprint density at radius 2 is 2.14 bits per heavy atom. The Hall–Kier alpha value is -0.590. The summed E-state index contributed by atoms with van der Waals surface area (Å²) in [5.41, 5.74) is 0.619. The molecule has 1 rings (SSSR count). The average molecular weight is 280 g/mol. The summed E-state index contributed by atoms with van der Waals surface area (Å²) < 4.78 is 27.3. The van der Waals surface area contributed by atoms with E-state index < -0.39 is 10.0 Å². The third-order valence-corrected chi connectivity index (χ3v) is 3.07. The number of nitrogens with two attached hydrogens (primary N) is 1. The highest BCUT2D eigenvalue weighted by atomic mass is 79.9. The molecule has 6 heteroatoms. The molecule has 0 aromatic heterocycles. The van der Waals surface area contributed by atoms with E-state index in [2.05, 4.69) is 15.9 Å². The zero-order valence-corrected chi connectivity index (χ0v) is 9.93. The summed E-state index contributed by atoms with van der Waals surface area (Å²) in [6.07, 6.45) is 0. The van der Waals surface area contributed by atoms with Crippen molar-refractivity contribution in [3.05, 3.63) is 28.2 Å². The minimum atomic E-state index is -3.49. The van der Waals surface area contributed by atoms with Crippen molar-refractivity contribution in [3.8, 4) is 5.75 Å². The molecule has 0 saturated heterocycles. The molecule has 0 bridgehead atoms. The van der Waals surface area contributed by atoms with Gasteiger partial charge in [-0.05, 0) is 17.7 Å². The van der Waals surface area contributed by atoms with Crippen molar-refractivity contribution in [2.45, 2.75) is 5.75 Å². The van der Waals surface area contributed by atoms with Crippen LogP contribution in [0.25, 0.3) is 0 Å². The molecule has 0 unspecified atom stereocenters. The number of primary sulfonamides is 1. The number of hydrogen-bond acceptors (Lipinski definition) is 3. The van der Waals surface area contributed by atoms with Crippen LogP contribution in [-0.2, 0) is 15.8 Å². The molecule has 0 radical (unpaired) electrons. The topological polar surface area (TPSA) is 69.4 Å². The van der Waals surface area contributed by atoms with E-state index in [0.29, 0.717) is 15.8 Å². The van der Waals surface area contributed by atoms with E-state index in [0.717, 1.165) is 0 Å². The van der Waals surface area contributed by atoms with E-state index >= 15 is 0 Å². The van der Waals surface area contributed by atoms with Crippen LogP contribution in [-0.4, -0.2) is 15.5 Å². The monoisotopic (exact) mass is 279 g/mol. The number of benzene rings is 1. The van der Waals surface area contributed by atoms with Gasteiger partial charge in [0.2, 0.25) is 10.0 Å². The van der Waals surface area contributed by atoms with Gasteiger partial charge in [0.1, 0.15) is 5.75 Å². The van der Waals surface area contributed by atoms with Crippen LogP contribution < -0.4 is 9.88 Å². The van der Waals surface area contributed by atoms with Gasteiger partial charge in [0, 0.05) is 4.47 Å². The first-order valence-electron chi connectivity index (χ1n) is 3.75. The fraction of sp³-hybridized carbons (Fsp3) is 0.250. The van der Waals surface area contributed by atoms with Crippen molar-refractivity contribution in [3.63, 3.8) is 0 Å². The van der Waals surface area contributed by atoms with Crippen molar-refractivity contribution < 1.29 is 13.2 Å². The first kappa shape index (κ1) is 11.5. The van der Waals surface area contributed by atoms with Gasteiger partial charge in [-0.25, -0.2) is 13.6 Å². The largest absolute Gasteiger partial charge is 0.497 e. The fourth-order valence-electron chi connectivity index (χ4n) is 0.989. The molecule has 0 saturated carbocycles. The molecule has 0 fully saturated rings. The second-order valence-electron chi connectivity index (χ2n) is 2.76. The van der Waals surface area contributed by atoms with Gasteiger partial charge >= 0.3 is 0 Å². The summed E-state index contributed by atoms with van der Waals surface area (Å²) in [4.78, 5) is 0. The van der Waals surface area contributed by atoms with E-state index in [-0.39, 0.29) is 5.75 Å². The van der Waals surface area contributed by atoms with Gasteiger partial charge < -0.3 is 4.74 Å². The van der Waals surface area contributed by atoms with Crippen molar-refractivity contribution in [2.24, 2.45) is 5.14 Å². The summed E-state index contributed by atoms with van der Waals surface area (Å²) >= 11 is 3.24. The van der Waals surface area contributed by atoms with Crippen LogP contribution in [0.4, 0.5) is 0 Å². The molecule has 4 nitrogen and oxygen atoms in total. The molecule has 0 spiro atoms. The molecule has 0 aliphatic heterocycles. The van der Waals surface area contributed by atoms with Gasteiger partial charge in [0.05, 0.1) is 12.9 Å². The lowest BCUT2D eigenvalue weighted by Crippen LogP contribution is -2.14. The standard InChI is InChI=1S/C8H10BrNO3S/c1-13-7-3-2-6(8(9)4-7)5-14(10,11)12/h2-4H,5H2,1H3,(H2,10,11,12). The van der Waals surface area contributed by atoms with E-state index in [4.69, 9.17) is 9.88 Å². The molecule has 0 atom stereocenters. The molecule has 0 aliphatic carbocycles. The molecule has 0 amide bonds. The third kappa shape index (κ3) is 3.28. The van der Waals surface area contributed by atoms with Crippen molar-refractivity contribution in [2.75, 3.05) is 7.11 Å². The van der Waals surface area contributed by atoms with E-state index in [1.165, 1.54) is 0 Å². The summed E-state index contributed by atoms with van der Waals surface area (Å²) in [6.45, 7) is 0. The Balaban J connectivity index is 3.01. The van der Waals surface area contributed by atoms with Crippen LogP contribution in [0.1, 0.15) is 5.56 Å². The maximum absolute atomic E-state index is 10.8. The van der Waals surface area contributed by atoms with E-state index in [9.17, 15) is 8.42 Å². The Kier molecular flexibility index (Phi) is 3.52. The maximum atomic E-state index is 10.8. The Labute approximate surface area is 91.2 Å². The molecule has 2 N–H and O–H groups in total. The highest BCUT2D eigenvalue weighted by Gasteiger charge is 2.08. The van der Waals surface area contributed by atoms with Crippen LogP contribution in [0.2, 0.25) is 0 Å². The fourth-order valence-corrected chi connectivity index (χ4v) is 2.36. The van der Waals surface area contributed by atoms with Crippen LogP contribution >= 0.6 is 15.9 Å². The number of rotatable bonds is 3. The van der Waals surface area contributed by atoms with Crippen LogP contribution in [0.5, 0.6) is 5.75 Å². The van der Waals surface area contributed by atoms with E-state index in [1.807, 2.05) is 0 Å². The SMILES string of the molecule is COc1ccc(CS(N)(=O)=O)c(Br)c1. The van der Waals surface area contributed by atoms with Crippen LogP contribution in [0.3, 0.4) is 0 Å². The first-order chi connectivity index (χ1) is 6.42. The minimum absolute atomic E-state index is 0.183. The second-order valence-corrected chi connectivity index (χ2v) is 5.23. The highest BCUT2D eigenvalue weighted by Crippen LogP contribution is 2.23. The smallest absolute Gasteiger partial charge is 0.213 e. The van der Waals surface area contributed by atoms with Crippen molar-refractivity contribution in [1.29, 1.82) is 0 Å². The van der Waals surface area contributed by atoms with Crippen LogP contribution in [0, 0.1) is 0 Å². The lowest BCUT2D eigenvalue weighted by Gasteiger charge is -2.05. The Morgan fingerprint density at radius 3 is 2.57 bits per heavy atom. The van der Waals surface area contributed by atoms with Gasteiger partial charge in [-0.2, -0.15) is 0 Å². The average Bonchev–Trinajstić information content (AvgIpc) is 2.06. The van der Waals surface area contributed by atoms with Crippen molar-refractivity contribution >= 4 is 26.0 Å². The number of hydrogen-bond donors (Lipinski definition) is 1. The van der Waals surface area contributed by atoms with Gasteiger partial charge in [0.25, 0.3) is 0 Å². The number of halogens is 1. The minimum Gasteiger partial charge on any atom is -0.497 e. The molecule has 0 aliphatic rings. The molecular formula is C8H10BrNO3S. The normalized spacial score (nSPS) is 11.4. The zero-order chi connectivity index (χ0) is 10.8. The van der Waals surface area contributed by atoms with E-state index in [1.54, 1.807) is 25.3 Å². The highest BCUT2D eigenvalue weighted by molar-refractivity contribution is 9.10. The molecule has 14 heavy (non-hydrogen) atoms. The predicted molar refractivity (Wildman–Crippen MR) is 57.5 cm³/mol. The summed E-state index contributed by atoms with van der Waals surface area (Å²) in [5, 5.41) is 4.93. The number of ether oxygens (including phenoxy) is 1. The second kappa shape index (κ2) is 4.29.